The molecular formula is C28H32Cl2N2O3. The predicted molar refractivity (Wildman–Crippen MR) is 139 cm³/mol. The van der Waals surface area contributed by atoms with Crippen molar-refractivity contribution >= 4 is 23.2 Å². The first-order chi connectivity index (χ1) is 16.8. The van der Waals surface area contributed by atoms with Gasteiger partial charge in [0.15, 0.2) is 11.5 Å². The van der Waals surface area contributed by atoms with Gasteiger partial charge in [-0.25, -0.2) is 0 Å². The van der Waals surface area contributed by atoms with Crippen molar-refractivity contribution in [2.45, 2.75) is 61.3 Å². The molecule has 4 aliphatic rings. The normalized spacial score (nSPS) is 32.9. The van der Waals surface area contributed by atoms with Gasteiger partial charge >= 0.3 is 0 Å². The van der Waals surface area contributed by atoms with Crippen LogP contribution in [0.15, 0.2) is 43.0 Å². The van der Waals surface area contributed by atoms with Gasteiger partial charge in [0, 0.05) is 30.7 Å². The molecule has 0 unspecified atom stereocenters. The Kier molecular flexibility index (Phi) is 5.66. The van der Waals surface area contributed by atoms with Crippen LogP contribution in [0.1, 0.15) is 36.0 Å². The molecule has 0 amide bonds. The number of likely N-dealkylation sites (N-methyl/N-ethyl adjacent to an activating group) is 1. The summed E-state index contributed by atoms with van der Waals surface area (Å²) in [5.41, 5.74) is 1.98. The Morgan fingerprint density at radius 3 is 2.83 bits per heavy atom. The zero-order chi connectivity index (χ0) is 24.5. The molecule has 2 aromatic carbocycles. The molecule has 186 valence electrons. The maximum Gasteiger partial charge on any atom is 0.165 e. The van der Waals surface area contributed by atoms with Gasteiger partial charge < -0.3 is 14.9 Å². The Morgan fingerprint density at radius 1 is 1.23 bits per heavy atom. The van der Waals surface area contributed by atoms with Crippen LogP contribution >= 0.6 is 23.2 Å². The Bertz CT molecular complexity index is 1190. The number of piperidine rings is 1. The van der Waals surface area contributed by atoms with Crippen molar-refractivity contribution in [3.05, 3.63) is 69.7 Å². The summed E-state index contributed by atoms with van der Waals surface area (Å²) in [7, 11) is 2.14. The van der Waals surface area contributed by atoms with Crippen LogP contribution in [0.3, 0.4) is 0 Å². The number of aliphatic hydroxyl groups is 1. The third kappa shape index (κ3) is 3.25. The second-order valence-corrected chi connectivity index (χ2v) is 11.5. The number of likely N-dealkylation sites (tertiary alicyclic amines) is 1. The number of hydrogen-bond acceptors (Lipinski definition) is 5. The van der Waals surface area contributed by atoms with E-state index in [9.17, 15) is 10.2 Å². The first-order valence-electron chi connectivity index (χ1n) is 12.5. The van der Waals surface area contributed by atoms with E-state index < -0.39 is 11.0 Å². The minimum Gasteiger partial charge on any atom is -0.504 e. The summed E-state index contributed by atoms with van der Waals surface area (Å²) >= 11 is 12.3. The third-order valence-corrected chi connectivity index (χ3v) is 9.95. The highest BCUT2D eigenvalue weighted by Crippen LogP contribution is 2.65. The van der Waals surface area contributed by atoms with Crippen molar-refractivity contribution in [2.75, 3.05) is 26.7 Å². The summed E-state index contributed by atoms with van der Waals surface area (Å²) in [6.07, 6.45) is 5.68. The van der Waals surface area contributed by atoms with Crippen LogP contribution in [-0.2, 0) is 18.3 Å². The molecule has 2 aliphatic carbocycles. The molecule has 1 saturated heterocycles. The monoisotopic (exact) mass is 514 g/mol. The van der Waals surface area contributed by atoms with Crippen LogP contribution in [0.2, 0.25) is 10.0 Å². The zero-order valence-electron chi connectivity index (χ0n) is 20.0. The third-order valence-electron chi connectivity index (χ3n) is 9.21. The highest BCUT2D eigenvalue weighted by atomic mass is 35.5. The number of phenolic OH excluding ortho intramolecular Hbond substituents is 1. The van der Waals surface area contributed by atoms with Crippen molar-refractivity contribution in [3.63, 3.8) is 0 Å². The Morgan fingerprint density at radius 2 is 2.06 bits per heavy atom. The van der Waals surface area contributed by atoms with Crippen molar-refractivity contribution in [1.82, 2.24) is 9.80 Å². The first kappa shape index (κ1) is 23.6. The molecule has 35 heavy (non-hydrogen) atoms. The van der Waals surface area contributed by atoms with Crippen molar-refractivity contribution in [2.24, 2.45) is 0 Å². The number of hydrogen-bond donors (Lipinski definition) is 2. The van der Waals surface area contributed by atoms with Crippen molar-refractivity contribution < 1.29 is 14.9 Å². The first-order valence-corrected chi connectivity index (χ1v) is 13.3. The van der Waals surface area contributed by atoms with Crippen molar-refractivity contribution in [1.29, 1.82) is 0 Å². The molecule has 1 saturated carbocycles. The summed E-state index contributed by atoms with van der Waals surface area (Å²) in [4.78, 5) is 4.75. The Labute approximate surface area is 216 Å². The molecule has 6 rings (SSSR count). The van der Waals surface area contributed by atoms with Crippen molar-refractivity contribution in [3.8, 4) is 11.5 Å². The average molecular weight is 515 g/mol. The lowest BCUT2D eigenvalue weighted by Crippen LogP contribution is -2.78. The molecule has 2 fully saturated rings. The highest BCUT2D eigenvalue weighted by molar-refractivity contribution is 6.42. The van der Waals surface area contributed by atoms with Gasteiger partial charge in [-0.15, -0.1) is 6.58 Å². The molecule has 2 aliphatic heterocycles. The SMILES string of the molecule is C=CCN1CC[C@]23c4c5ccc(O)c4O[C@H]2[C@H](N(C)CCc2ccc(Cl)c(Cl)c2)CC[C@@]3(O)[C@H]1C5. The van der Waals surface area contributed by atoms with E-state index in [2.05, 4.69) is 23.4 Å². The maximum atomic E-state index is 12.5. The van der Waals surface area contributed by atoms with E-state index in [0.29, 0.717) is 22.2 Å². The number of phenols is 1. The summed E-state index contributed by atoms with van der Waals surface area (Å²) in [5.74, 6) is 0.769. The molecule has 5 nitrogen and oxygen atoms in total. The van der Waals surface area contributed by atoms with E-state index in [-0.39, 0.29) is 23.9 Å². The number of rotatable bonds is 6. The lowest BCUT2D eigenvalue weighted by molar-refractivity contribution is -0.197. The van der Waals surface area contributed by atoms with E-state index in [1.54, 1.807) is 6.07 Å². The lowest BCUT2D eigenvalue weighted by atomic mass is 9.48. The number of halogens is 2. The Hall–Kier alpha value is -1.76. The van der Waals surface area contributed by atoms with E-state index in [1.807, 2.05) is 30.3 Å². The predicted octanol–water partition coefficient (Wildman–Crippen LogP) is 4.58. The standard InChI is InChI=1S/C28H32Cl2N2O3/c1-3-12-32-14-11-27-24-18-5-7-22(33)25(24)35-26(27)21(8-10-28(27,34)23(32)16-18)31(2)13-9-17-4-6-19(29)20(30)15-17/h3-7,15,21,23,26,33-34H,1,8-14,16H2,2H3/t21-,23-,26+,27+,28-/m1/s1. The largest absolute Gasteiger partial charge is 0.504 e. The molecule has 0 aromatic heterocycles. The molecule has 2 aromatic rings. The molecule has 1 spiro atoms. The summed E-state index contributed by atoms with van der Waals surface area (Å²) < 4.78 is 6.66. The molecular weight excluding hydrogens is 483 g/mol. The van der Waals surface area contributed by atoms with Gasteiger partial charge in [-0.2, -0.15) is 0 Å². The molecule has 0 radical (unpaired) electrons. The highest BCUT2D eigenvalue weighted by Gasteiger charge is 2.73. The number of ether oxygens (including phenoxy) is 1. The van der Waals surface area contributed by atoms with Gasteiger partial charge in [0.1, 0.15) is 6.10 Å². The van der Waals surface area contributed by atoms with E-state index in [4.69, 9.17) is 27.9 Å². The van der Waals surface area contributed by atoms with Gasteiger partial charge in [-0.05, 0) is 75.0 Å². The summed E-state index contributed by atoms with van der Waals surface area (Å²) in [6, 6.07) is 9.73. The quantitative estimate of drug-likeness (QED) is 0.552. The Balaban J connectivity index is 1.35. The van der Waals surface area contributed by atoms with Gasteiger partial charge in [-0.3, -0.25) is 9.80 Å². The van der Waals surface area contributed by atoms with E-state index in [0.717, 1.165) is 56.4 Å². The summed E-state index contributed by atoms with van der Waals surface area (Å²) in [6.45, 7) is 6.43. The van der Waals surface area contributed by atoms with E-state index >= 15 is 0 Å². The molecule has 7 heteroatoms. The van der Waals surface area contributed by atoms with Crippen LogP contribution in [0.4, 0.5) is 0 Å². The van der Waals surface area contributed by atoms with Crippen LogP contribution in [0.25, 0.3) is 0 Å². The fraction of sp³-hybridized carbons (Fsp3) is 0.500. The van der Waals surface area contributed by atoms with Gasteiger partial charge in [0.2, 0.25) is 0 Å². The van der Waals surface area contributed by atoms with Crippen LogP contribution in [-0.4, -0.2) is 70.5 Å². The maximum absolute atomic E-state index is 12.5. The van der Waals surface area contributed by atoms with Crippen LogP contribution < -0.4 is 4.74 Å². The van der Waals surface area contributed by atoms with E-state index in [1.165, 1.54) is 5.56 Å². The molecule has 2 heterocycles. The van der Waals surface area contributed by atoms with Crippen LogP contribution in [0, 0.1) is 0 Å². The second kappa shape index (κ2) is 8.39. The average Bonchev–Trinajstić information content (AvgIpc) is 3.19. The minimum atomic E-state index is -0.897. The zero-order valence-corrected chi connectivity index (χ0v) is 21.5. The fourth-order valence-electron chi connectivity index (χ4n) is 7.61. The molecule has 2 bridgehead atoms. The number of aromatic hydroxyl groups is 1. The van der Waals surface area contributed by atoms with Gasteiger partial charge in [0.05, 0.1) is 21.1 Å². The minimum absolute atomic E-state index is 0.0193. The number of benzene rings is 2. The summed E-state index contributed by atoms with van der Waals surface area (Å²) in [5, 5.41) is 24.4. The topological polar surface area (TPSA) is 56.2 Å². The lowest BCUT2D eigenvalue weighted by Gasteiger charge is -2.64. The second-order valence-electron chi connectivity index (χ2n) is 10.7. The van der Waals surface area contributed by atoms with Crippen LogP contribution in [0.5, 0.6) is 11.5 Å². The van der Waals surface area contributed by atoms with Gasteiger partial charge in [0.25, 0.3) is 0 Å². The van der Waals surface area contributed by atoms with Gasteiger partial charge in [-0.1, -0.05) is 41.4 Å². The fourth-order valence-corrected chi connectivity index (χ4v) is 7.93. The number of nitrogens with zero attached hydrogens (tertiary/aromatic N) is 2. The smallest absolute Gasteiger partial charge is 0.165 e. The molecule has 5 atom stereocenters. The molecule has 2 N–H and O–H groups in total.